The minimum atomic E-state index is 0.0943. The van der Waals surface area contributed by atoms with E-state index in [-0.39, 0.29) is 5.78 Å². The van der Waals surface area contributed by atoms with E-state index in [9.17, 15) is 4.79 Å². The fourth-order valence-corrected chi connectivity index (χ4v) is 3.25. The van der Waals surface area contributed by atoms with Gasteiger partial charge < -0.3 is 0 Å². The van der Waals surface area contributed by atoms with Gasteiger partial charge in [0.15, 0.2) is 5.78 Å². The average molecular weight is 303 g/mol. The van der Waals surface area contributed by atoms with E-state index in [0.717, 1.165) is 14.4 Å². The van der Waals surface area contributed by atoms with E-state index in [1.807, 2.05) is 12.1 Å². The Morgan fingerprint density at radius 3 is 2.87 bits per heavy atom. The fraction of sp³-hybridized carbons (Fsp3) is 0.222. The van der Waals surface area contributed by atoms with Crippen LogP contribution in [0.4, 0.5) is 0 Å². The molecule has 0 saturated carbocycles. The van der Waals surface area contributed by atoms with Gasteiger partial charge >= 0.3 is 0 Å². The lowest BCUT2D eigenvalue weighted by atomic mass is 10.2. The first-order valence-electron chi connectivity index (χ1n) is 4.23. The van der Waals surface area contributed by atoms with Gasteiger partial charge in [-0.1, -0.05) is 4.49 Å². The topological polar surface area (TPSA) is 42.9 Å². The molecule has 0 aromatic carbocycles. The van der Waals surface area contributed by atoms with Crippen molar-refractivity contribution in [3.05, 3.63) is 31.4 Å². The van der Waals surface area contributed by atoms with E-state index >= 15 is 0 Å². The van der Waals surface area contributed by atoms with Crippen LogP contribution < -0.4 is 0 Å². The summed E-state index contributed by atoms with van der Waals surface area (Å²) >= 11 is 6.12. The number of hydrogen-bond donors (Lipinski definition) is 0. The third-order valence-corrected chi connectivity index (χ3v) is 4.36. The van der Waals surface area contributed by atoms with Crippen molar-refractivity contribution < 1.29 is 4.79 Å². The van der Waals surface area contributed by atoms with Gasteiger partial charge in [-0.2, -0.15) is 0 Å². The minimum absolute atomic E-state index is 0.0943. The van der Waals surface area contributed by atoms with Gasteiger partial charge in [-0.25, -0.2) is 0 Å². The molecule has 2 aromatic rings. The van der Waals surface area contributed by atoms with Gasteiger partial charge in [-0.15, -0.1) is 16.4 Å². The molecule has 0 bridgehead atoms. The van der Waals surface area contributed by atoms with Crippen LogP contribution in [0.3, 0.4) is 0 Å². The lowest BCUT2D eigenvalue weighted by Crippen LogP contribution is -2.01. The zero-order valence-electron chi connectivity index (χ0n) is 7.86. The minimum Gasteiger partial charge on any atom is -0.293 e. The van der Waals surface area contributed by atoms with Crippen molar-refractivity contribution in [1.29, 1.82) is 0 Å². The summed E-state index contributed by atoms with van der Waals surface area (Å²) in [7, 11) is 0. The van der Waals surface area contributed by atoms with E-state index in [0.29, 0.717) is 11.3 Å². The molecule has 0 amide bonds. The summed E-state index contributed by atoms with van der Waals surface area (Å²) in [6.45, 7) is 1.81. The number of aromatic nitrogens is 2. The van der Waals surface area contributed by atoms with Crippen LogP contribution in [-0.4, -0.2) is 15.4 Å². The Labute approximate surface area is 103 Å². The summed E-state index contributed by atoms with van der Waals surface area (Å²) in [5, 5.41) is 3.83. The molecule has 0 aliphatic carbocycles. The first kappa shape index (κ1) is 10.9. The Balaban J connectivity index is 2.14. The molecule has 0 aliphatic heterocycles. The zero-order chi connectivity index (χ0) is 10.8. The maximum Gasteiger partial charge on any atom is 0.181 e. The maximum absolute atomic E-state index is 11.8. The number of Topliss-reactive ketones (excluding diaryl/α,β-unsaturated/α-hetero) is 1. The van der Waals surface area contributed by atoms with Gasteiger partial charge in [0, 0.05) is 11.3 Å². The largest absolute Gasteiger partial charge is 0.293 e. The van der Waals surface area contributed by atoms with Crippen molar-refractivity contribution in [2.24, 2.45) is 0 Å². The number of thiophene rings is 1. The van der Waals surface area contributed by atoms with Gasteiger partial charge in [-0.05, 0) is 46.5 Å². The molecule has 0 unspecified atom stereocenters. The molecule has 0 spiro atoms. The Kier molecular flexibility index (Phi) is 3.28. The first-order chi connectivity index (χ1) is 7.16. The second-order valence-electron chi connectivity index (χ2n) is 2.99. The van der Waals surface area contributed by atoms with Crippen molar-refractivity contribution >= 4 is 44.6 Å². The molecular weight excluding hydrogens is 296 g/mol. The van der Waals surface area contributed by atoms with Crippen molar-refractivity contribution in [3.8, 4) is 0 Å². The summed E-state index contributed by atoms with van der Waals surface area (Å²) in [6.07, 6.45) is 0.432. The van der Waals surface area contributed by atoms with Crippen LogP contribution in [0, 0.1) is 6.92 Å². The first-order valence-corrected chi connectivity index (χ1v) is 6.61. The second-order valence-corrected chi connectivity index (χ2v) is 6.29. The average Bonchev–Trinajstić information content (AvgIpc) is 2.75. The van der Waals surface area contributed by atoms with Gasteiger partial charge in [0.2, 0.25) is 0 Å². The van der Waals surface area contributed by atoms with E-state index in [1.165, 1.54) is 11.5 Å². The molecule has 6 heteroatoms. The highest BCUT2D eigenvalue weighted by Crippen LogP contribution is 2.24. The summed E-state index contributed by atoms with van der Waals surface area (Å²) in [6, 6.07) is 3.90. The SMILES string of the molecule is Cc1nnsc1C(=O)Cc1ccc(Br)s1. The van der Waals surface area contributed by atoms with Crippen molar-refractivity contribution in [3.63, 3.8) is 0 Å². The summed E-state index contributed by atoms with van der Waals surface area (Å²) in [5.41, 5.74) is 0.723. The molecule has 0 atom stereocenters. The van der Waals surface area contributed by atoms with Crippen LogP contribution in [0.15, 0.2) is 15.9 Å². The maximum atomic E-state index is 11.8. The summed E-state index contributed by atoms with van der Waals surface area (Å²) in [4.78, 5) is 13.5. The number of halogens is 1. The molecule has 0 N–H and O–H groups in total. The van der Waals surface area contributed by atoms with Gasteiger partial charge in [0.1, 0.15) is 4.88 Å². The van der Waals surface area contributed by atoms with Crippen LogP contribution in [0.25, 0.3) is 0 Å². The van der Waals surface area contributed by atoms with Gasteiger partial charge in [0.25, 0.3) is 0 Å². The Bertz CT molecular complexity index is 492. The third kappa shape index (κ3) is 2.50. The van der Waals surface area contributed by atoms with Crippen LogP contribution in [0.2, 0.25) is 0 Å². The molecule has 0 aliphatic rings. The molecule has 0 radical (unpaired) electrons. The highest BCUT2D eigenvalue weighted by molar-refractivity contribution is 9.11. The molecule has 2 rings (SSSR count). The third-order valence-electron chi connectivity index (χ3n) is 1.87. The molecule has 2 aromatic heterocycles. The number of rotatable bonds is 3. The molecule has 78 valence electrons. The van der Waals surface area contributed by atoms with Crippen LogP contribution in [0.1, 0.15) is 20.2 Å². The fourth-order valence-electron chi connectivity index (χ4n) is 1.17. The highest BCUT2D eigenvalue weighted by Gasteiger charge is 2.14. The quantitative estimate of drug-likeness (QED) is 0.818. The number of carbonyl (C=O) groups excluding carboxylic acids is 1. The predicted octanol–water partition coefficient (Wildman–Crippen LogP) is 3.10. The molecule has 0 fully saturated rings. The summed E-state index contributed by atoms with van der Waals surface area (Å²) in [5.74, 6) is 0.0943. The standard InChI is InChI=1S/C9H7BrN2OS2/c1-5-9(15-12-11-5)7(13)4-6-2-3-8(10)14-6/h2-3H,4H2,1H3. The smallest absolute Gasteiger partial charge is 0.181 e. The van der Waals surface area contributed by atoms with Gasteiger partial charge in [-0.3, -0.25) is 4.79 Å². The van der Waals surface area contributed by atoms with Crippen molar-refractivity contribution in [2.75, 3.05) is 0 Å². The second kappa shape index (κ2) is 4.51. The molecular formula is C9H7BrN2OS2. The number of carbonyl (C=O) groups is 1. The van der Waals surface area contributed by atoms with Crippen LogP contribution >= 0.6 is 38.8 Å². The Hall–Kier alpha value is -0.590. The monoisotopic (exact) mass is 302 g/mol. The van der Waals surface area contributed by atoms with Crippen LogP contribution in [0.5, 0.6) is 0 Å². The van der Waals surface area contributed by atoms with Crippen molar-refractivity contribution in [1.82, 2.24) is 9.59 Å². The van der Waals surface area contributed by atoms with E-state index in [4.69, 9.17) is 0 Å². The van der Waals surface area contributed by atoms with E-state index in [2.05, 4.69) is 25.5 Å². The van der Waals surface area contributed by atoms with E-state index in [1.54, 1.807) is 18.3 Å². The van der Waals surface area contributed by atoms with Crippen molar-refractivity contribution in [2.45, 2.75) is 13.3 Å². The molecule has 0 saturated heterocycles. The summed E-state index contributed by atoms with van der Waals surface area (Å²) < 4.78 is 4.80. The normalized spacial score (nSPS) is 10.5. The number of aryl methyl sites for hydroxylation is 1. The van der Waals surface area contributed by atoms with Gasteiger partial charge in [0.05, 0.1) is 9.48 Å². The lowest BCUT2D eigenvalue weighted by Gasteiger charge is -1.94. The number of ketones is 1. The molecule has 2 heterocycles. The Morgan fingerprint density at radius 2 is 2.33 bits per heavy atom. The number of nitrogens with zero attached hydrogens (tertiary/aromatic N) is 2. The zero-order valence-corrected chi connectivity index (χ0v) is 11.1. The Morgan fingerprint density at radius 1 is 1.53 bits per heavy atom. The number of hydrogen-bond acceptors (Lipinski definition) is 5. The van der Waals surface area contributed by atoms with E-state index < -0.39 is 0 Å². The molecule has 15 heavy (non-hydrogen) atoms. The lowest BCUT2D eigenvalue weighted by molar-refractivity contribution is 0.0997. The predicted molar refractivity (Wildman–Crippen MR) is 64.7 cm³/mol. The highest BCUT2D eigenvalue weighted by atomic mass is 79.9. The molecule has 3 nitrogen and oxygen atoms in total. The van der Waals surface area contributed by atoms with Crippen LogP contribution in [-0.2, 0) is 6.42 Å².